The Morgan fingerprint density at radius 1 is 1.46 bits per heavy atom. The first-order chi connectivity index (χ1) is 11.4. The van der Waals surface area contributed by atoms with Crippen molar-refractivity contribution in [2.75, 3.05) is 18.9 Å². The normalized spacial score (nSPS) is 20.5. The summed E-state index contributed by atoms with van der Waals surface area (Å²) in [6.07, 6.45) is 0. The Labute approximate surface area is 148 Å². The number of nitrogens with zero attached hydrogens (tertiary/aromatic N) is 4. The maximum atomic E-state index is 13.2. The van der Waals surface area contributed by atoms with E-state index in [2.05, 4.69) is 15.4 Å². The minimum Gasteiger partial charge on any atom is -0.368 e. The van der Waals surface area contributed by atoms with Crippen molar-refractivity contribution in [3.05, 3.63) is 41.1 Å². The monoisotopic (exact) mass is 367 g/mol. The third-order valence-electron chi connectivity index (χ3n) is 3.99. The van der Waals surface area contributed by atoms with Gasteiger partial charge in [-0.25, -0.2) is 4.98 Å². The van der Waals surface area contributed by atoms with Gasteiger partial charge in [-0.1, -0.05) is 29.9 Å². The summed E-state index contributed by atoms with van der Waals surface area (Å²) in [5.74, 6) is -1.67. The van der Waals surface area contributed by atoms with Gasteiger partial charge in [0, 0.05) is 26.6 Å². The van der Waals surface area contributed by atoms with E-state index in [4.69, 9.17) is 23.8 Å². The predicted octanol–water partition coefficient (Wildman–Crippen LogP) is 2.22. The molecule has 0 aliphatic carbocycles. The van der Waals surface area contributed by atoms with Crippen LogP contribution in [0.2, 0.25) is 5.15 Å². The van der Waals surface area contributed by atoms with E-state index in [1.807, 2.05) is 11.9 Å². The minimum absolute atomic E-state index is 0.148. The lowest BCUT2D eigenvalue weighted by Crippen LogP contribution is -2.32. The van der Waals surface area contributed by atoms with Gasteiger partial charge in [-0.05, 0) is 18.2 Å². The molecule has 2 aromatic heterocycles. The number of aromatic nitrogens is 3. The number of carbonyl (C=O) groups is 1. The van der Waals surface area contributed by atoms with Gasteiger partial charge in [0.05, 0.1) is 16.6 Å². The van der Waals surface area contributed by atoms with Crippen molar-refractivity contribution in [3.8, 4) is 0 Å². The molecular weight excluding hydrogens is 353 g/mol. The standard InChI is InChI=1S/C15H15ClFN5OS/c1-21-7-8(9-6-10(16)22(2)20-9)13(15(21)24)14(23)19-12-5-3-4-11(17)18-12/h3-6,8,13H,7H2,1-2H3,(H,18,19,23)/t8-,13+/m1/s1. The summed E-state index contributed by atoms with van der Waals surface area (Å²) in [5, 5.41) is 7.47. The zero-order valence-corrected chi connectivity index (χ0v) is 14.6. The molecule has 0 spiro atoms. The fourth-order valence-corrected chi connectivity index (χ4v) is 3.28. The van der Waals surface area contributed by atoms with E-state index in [-0.39, 0.29) is 17.6 Å². The number of nitrogens with one attached hydrogen (secondary N) is 1. The van der Waals surface area contributed by atoms with Crippen LogP contribution < -0.4 is 5.32 Å². The van der Waals surface area contributed by atoms with Gasteiger partial charge in [-0.15, -0.1) is 0 Å². The van der Waals surface area contributed by atoms with Crippen molar-refractivity contribution in [3.63, 3.8) is 0 Å². The van der Waals surface area contributed by atoms with Crippen molar-refractivity contribution >= 4 is 40.5 Å². The van der Waals surface area contributed by atoms with E-state index in [1.165, 1.54) is 18.2 Å². The zero-order valence-electron chi connectivity index (χ0n) is 13.0. The van der Waals surface area contributed by atoms with Crippen LogP contribution in [0, 0.1) is 11.9 Å². The third-order valence-corrected chi connectivity index (χ3v) is 4.90. The lowest BCUT2D eigenvalue weighted by atomic mass is 9.92. The smallest absolute Gasteiger partial charge is 0.236 e. The van der Waals surface area contributed by atoms with Crippen LogP contribution in [0.3, 0.4) is 0 Å². The van der Waals surface area contributed by atoms with E-state index in [0.29, 0.717) is 22.4 Å². The molecule has 24 heavy (non-hydrogen) atoms. The predicted molar refractivity (Wildman–Crippen MR) is 92.5 cm³/mol. The Morgan fingerprint density at radius 2 is 2.21 bits per heavy atom. The number of carbonyl (C=O) groups excluding carboxylic acids is 1. The Balaban J connectivity index is 1.87. The van der Waals surface area contributed by atoms with Crippen LogP contribution in [0.15, 0.2) is 24.3 Å². The Bertz CT molecular complexity index is 791. The van der Waals surface area contributed by atoms with Gasteiger partial charge in [-0.2, -0.15) is 9.49 Å². The summed E-state index contributed by atoms with van der Waals surface area (Å²) in [6.45, 7) is 0.556. The lowest BCUT2D eigenvalue weighted by Gasteiger charge is -2.16. The molecule has 0 bridgehead atoms. The molecule has 2 aromatic rings. The molecule has 9 heteroatoms. The second kappa shape index (κ2) is 6.45. The van der Waals surface area contributed by atoms with E-state index in [9.17, 15) is 9.18 Å². The molecule has 2 atom stereocenters. The number of hydrogen-bond donors (Lipinski definition) is 1. The van der Waals surface area contributed by atoms with Crippen LogP contribution in [-0.4, -0.2) is 44.2 Å². The summed E-state index contributed by atoms with van der Waals surface area (Å²) in [6, 6.07) is 5.94. The average Bonchev–Trinajstić information content (AvgIpc) is 3.00. The molecule has 3 rings (SSSR count). The summed E-state index contributed by atoms with van der Waals surface area (Å²) in [5.41, 5.74) is 0.696. The highest BCUT2D eigenvalue weighted by Gasteiger charge is 2.42. The number of thiocarbonyl (C=S) groups is 1. The topological polar surface area (TPSA) is 63.1 Å². The van der Waals surface area contributed by atoms with Gasteiger partial charge >= 0.3 is 0 Å². The number of hydrogen-bond acceptors (Lipinski definition) is 4. The Hall–Kier alpha value is -2.06. The molecule has 126 valence electrons. The molecular formula is C15H15ClFN5OS. The second-order valence-electron chi connectivity index (χ2n) is 5.65. The van der Waals surface area contributed by atoms with Crippen LogP contribution in [-0.2, 0) is 11.8 Å². The van der Waals surface area contributed by atoms with Gasteiger partial charge in [0.2, 0.25) is 11.9 Å². The summed E-state index contributed by atoms with van der Waals surface area (Å²) < 4.78 is 14.7. The van der Waals surface area contributed by atoms with Gasteiger partial charge < -0.3 is 10.2 Å². The van der Waals surface area contributed by atoms with Gasteiger partial charge in [0.25, 0.3) is 0 Å². The molecule has 1 N–H and O–H groups in total. The number of likely N-dealkylation sites (N-methyl/N-ethyl adjacent to an activating group) is 1. The number of likely N-dealkylation sites (tertiary alicyclic amines) is 1. The number of aryl methyl sites for hydroxylation is 1. The number of anilines is 1. The van der Waals surface area contributed by atoms with E-state index >= 15 is 0 Å². The van der Waals surface area contributed by atoms with Gasteiger partial charge in [-0.3, -0.25) is 9.48 Å². The molecule has 1 saturated heterocycles. The molecule has 0 saturated carbocycles. The molecule has 1 fully saturated rings. The quantitative estimate of drug-likeness (QED) is 0.665. The maximum absolute atomic E-state index is 13.2. The summed E-state index contributed by atoms with van der Waals surface area (Å²) in [7, 11) is 3.56. The lowest BCUT2D eigenvalue weighted by molar-refractivity contribution is -0.118. The highest BCUT2D eigenvalue weighted by Crippen LogP contribution is 2.34. The highest BCUT2D eigenvalue weighted by molar-refractivity contribution is 7.80. The van der Waals surface area contributed by atoms with Crippen molar-refractivity contribution < 1.29 is 9.18 Å². The first kappa shape index (κ1) is 16.8. The Morgan fingerprint density at radius 3 is 2.83 bits per heavy atom. The summed E-state index contributed by atoms with van der Waals surface area (Å²) in [4.78, 5) is 18.7. The van der Waals surface area contributed by atoms with Crippen LogP contribution in [0.4, 0.5) is 10.2 Å². The maximum Gasteiger partial charge on any atom is 0.236 e. The molecule has 0 radical (unpaired) electrons. The fourth-order valence-electron chi connectivity index (χ4n) is 2.79. The van der Waals surface area contributed by atoms with Gasteiger partial charge in [0.1, 0.15) is 11.0 Å². The molecule has 6 nitrogen and oxygen atoms in total. The van der Waals surface area contributed by atoms with Crippen LogP contribution >= 0.6 is 23.8 Å². The molecule has 0 unspecified atom stereocenters. The van der Waals surface area contributed by atoms with Crippen molar-refractivity contribution in [1.29, 1.82) is 0 Å². The second-order valence-corrected chi connectivity index (χ2v) is 6.46. The van der Waals surface area contributed by atoms with E-state index < -0.39 is 11.9 Å². The first-order valence-electron chi connectivity index (χ1n) is 7.24. The van der Waals surface area contributed by atoms with Crippen molar-refractivity contribution in [2.45, 2.75) is 5.92 Å². The minimum atomic E-state index is -0.660. The Kier molecular flexibility index (Phi) is 4.51. The van der Waals surface area contributed by atoms with Gasteiger partial charge in [0.15, 0.2) is 0 Å². The number of rotatable bonds is 3. The van der Waals surface area contributed by atoms with Crippen LogP contribution in [0.1, 0.15) is 11.6 Å². The molecule has 1 aliphatic heterocycles. The third kappa shape index (κ3) is 3.11. The molecule has 1 amide bonds. The molecule has 0 aromatic carbocycles. The summed E-state index contributed by atoms with van der Waals surface area (Å²) >= 11 is 11.5. The largest absolute Gasteiger partial charge is 0.368 e. The molecule has 1 aliphatic rings. The average molecular weight is 368 g/mol. The number of pyridine rings is 1. The number of halogens is 2. The van der Waals surface area contributed by atoms with E-state index in [0.717, 1.165) is 0 Å². The van der Waals surface area contributed by atoms with Crippen molar-refractivity contribution in [1.82, 2.24) is 19.7 Å². The zero-order chi connectivity index (χ0) is 17.4. The van der Waals surface area contributed by atoms with Crippen LogP contribution in [0.5, 0.6) is 0 Å². The SMILES string of the molecule is CN1C[C@H](c2cc(Cl)n(C)n2)[C@@H](C(=O)Nc2cccc(F)n2)C1=S. The molecule has 3 heterocycles. The van der Waals surface area contributed by atoms with E-state index in [1.54, 1.807) is 17.8 Å². The highest BCUT2D eigenvalue weighted by atomic mass is 35.5. The van der Waals surface area contributed by atoms with Crippen LogP contribution in [0.25, 0.3) is 0 Å². The first-order valence-corrected chi connectivity index (χ1v) is 8.03. The number of amides is 1. The fraction of sp³-hybridized carbons (Fsp3) is 0.333. The van der Waals surface area contributed by atoms with Crippen molar-refractivity contribution in [2.24, 2.45) is 13.0 Å².